The summed E-state index contributed by atoms with van der Waals surface area (Å²) in [6.07, 6.45) is 0. The van der Waals surface area contributed by atoms with Gasteiger partial charge < -0.3 is 19.7 Å². The number of sulfonamides is 1. The van der Waals surface area contributed by atoms with Crippen molar-refractivity contribution >= 4 is 33.2 Å². The first-order valence-electron chi connectivity index (χ1n) is 11.9. The highest BCUT2D eigenvalue weighted by molar-refractivity contribution is 7.92. The average Bonchev–Trinajstić information content (AvgIpc) is 2.91. The standard InChI is InChI=1S/C27H27N5O4S/c1-20-19-26(30-27(28-20)32-15-17-35-18-16-32)29-21-7-9-22(10-8-21)31-37(33,34)25-13-11-24(12-14-25)36-23-5-3-2-4-6-23/h2-14,19,31H,15-18H2,1H3,(H,28,29,30). The Morgan fingerprint density at radius 2 is 1.49 bits per heavy atom. The van der Waals surface area contributed by atoms with E-state index in [9.17, 15) is 8.42 Å². The fourth-order valence-corrected chi connectivity index (χ4v) is 4.88. The molecule has 2 heterocycles. The van der Waals surface area contributed by atoms with Crippen LogP contribution in [0.15, 0.2) is 89.8 Å². The molecule has 5 rings (SSSR count). The topological polar surface area (TPSA) is 106 Å². The van der Waals surface area contributed by atoms with E-state index in [0.717, 1.165) is 24.5 Å². The molecule has 0 spiro atoms. The van der Waals surface area contributed by atoms with Gasteiger partial charge in [0.05, 0.1) is 18.1 Å². The summed E-state index contributed by atoms with van der Waals surface area (Å²) in [4.78, 5) is 11.4. The molecule has 4 aromatic rings. The van der Waals surface area contributed by atoms with Gasteiger partial charge in [-0.05, 0) is 67.6 Å². The van der Waals surface area contributed by atoms with Crippen LogP contribution in [0.2, 0.25) is 0 Å². The maximum absolute atomic E-state index is 12.9. The van der Waals surface area contributed by atoms with Gasteiger partial charge in [0.15, 0.2) is 0 Å². The number of aromatic nitrogens is 2. The Morgan fingerprint density at radius 1 is 0.838 bits per heavy atom. The van der Waals surface area contributed by atoms with Gasteiger partial charge in [-0.2, -0.15) is 4.98 Å². The molecule has 9 nitrogen and oxygen atoms in total. The Morgan fingerprint density at radius 3 is 2.19 bits per heavy atom. The summed E-state index contributed by atoms with van der Waals surface area (Å²) in [6, 6.07) is 24.4. The highest BCUT2D eigenvalue weighted by atomic mass is 32.2. The molecule has 1 aliphatic heterocycles. The minimum atomic E-state index is -3.76. The van der Waals surface area contributed by atoms with E-state index < -0.39 is 10.0 Å². The number of benzene rings is 3. The quantitative estimate of drug-likeness (QED) is 0.338. The van der Waals surface area contributed by atoms with Gasteiger partial charge >= 0.3 is 0 Å². The molecule has 2 N–H and O–H groups in total. The minimum Gasteiger partial charge on any atom is -0.457 e. The molecule has 190 valence electrons. The van der Waals surface area contributed by atoms with Crippen LogP contribution in [-0.2, 0) is 14.8 Å². The van der Waals surface area contributed by atoms with Crippen molar-refractivity contribution < 1.29 is 17.9 Å². The number of nitrogens with zero attached hydrogens (tertiary/aromatic N) is 3. The number of rotatable bonds is 8. The second-order valence-electron chi connectivity index (χ2n) is 8.49. The summed E-state index contributed by atoms with van der Waals surface area (Å²) in [5.41, 5.74) is 2.07. The minimum absolute atomic E-state index is 0.141. The van der Waals surface area contributed by atoms with Gasteiger partial charge in [-0.3, -0.25) is 4.72 Å². The van der Waals surface area contributed by atoms with Gasteiger partial charge in [0.25, 0.3) is 10.0 Å². The third-order valence-corrected chi connectivity index (χ3v) is 7.06. The van der Waals surface area contributed by atoms with Crippen LogP contribution in [0, 0.1) is 6.92 Å². The molecule has 0 saturated carbocycles. The van der Waals surface area contributed by atoms with Crippen LogP contribution in [0.1, 0.15) is 5.69 Å². The van der Waals surface area contributed by atoms with Crippen LogP contribution in [0.3, 0.4) is 0 Å². The number of hydrogen-bond acceptors (Lipinski definition) is 8. The van der Waals surface area contributed by atoms with Crippen molar-refractivity contribution in [2.75, 3.05) is 41.2 Å². The molecule has 0 radical (unpaired) electrons. The molecule has 37 heavy (non-hydrogen) atoms. The van der Waals surface area contributed by atoms with Gasteiger partial charge in [-0.15, -0.1) is 0 Å². The molecule has 0 atom stereocenters. The van der Waals surface area contributed by atoms with E-state index in [0.29, 0.717) is 42.2 Å². The van der Waals surface area contributed by atoms with Gasteiger partial charge in [0.2, 0.25) is 5.95 Å². The van der Waals surface area contributed by atoms with Gasteiger partial charge in [-0.1, -0.05) is 18.2 Å². The molecule has 0 unspecified atom stereocenters. The highest BCUT2D eigenvalue weighted by Gasteiger charge is 2.16. The van der Waals surface area contributed by atoms with E-state index in [2.05, 4.69) is 24.9 Å². The Kier molecular flexibility index (Phi) is 7.20. The number of anilines is 4. The molecule has 0 aliphatic carbocycles. The molecule has 1 saturated heterocycles. The van der Waals surface area contributed by atoms with E-state index >= 15 is 0 Å². The number of hydrogen-bond donors (Lipinski definition) is 2. The summed E-state index contributed by atoms with van der Waals surface area (Å²) in [5, 5.41) is 3.27. The van der Waals surface area contributed by atoms with Crippen molar-refractivity contribution in [1.82, 2.24) is 9.97 Å². The van der Waals surface area contributed by atoms with Crippen molar-refractivity contribution in [2.45, 2.75) is 11.8 Å². The number of ether oxygens (including phenoxy) is 2. The zero-order chi connectivity index (χ0) is 25.7. The molecule has 0 bridgehead atoms. The lowest BCUT2D eigenvalue weighted by molar-refractivity contribution is 0.122. The summed E-state index contributed by atoms with van der Waals surface area (Å²) in [7, 11) is -3.76. The predicted octanol–water partition coefficient (Wildman–Crippen LogP) is 4.96. The number of para-hydroxylation sites is 1. The van der Waals surface area contributed by atoms with Crippen molar-refractivity contribution in [1.29, 1.82) is 0 Å². The average molecular weight is 518 g/mol. The van der Waals surface area contributed by atoms with Gasteiger partial charge in [-0.25, -0.2) is 13.4 Å². The van der Waals surface area contributed by atoms with Crippen molar-refractivity contribution in [3.63, 3.8) is 0 Å². The monoisotopic (exact) mass is 517 g/mol. The molecular weight excluding hydrogens is 490 g/mol. The normalized spacial score (nSPS) is 13.7. The first-order chi connectivity index (χ1) is 17.9. The molecule has 3 aromatic carbocycles. The number of aryl methyl sites for hydroxylation is 1. The number of nitrogens with one attached hydrogen (secondary N) is 2. The van der Waals surface area contributed by atoms with Gasteiger partial charge in [0.1, 0.15) is 17.3 Å². The smallest absolute Gasteiger partial charge is 0.261 e. The van der Waals surface area contributed by atoms with E-state index in [-0.39, 0.29) is 4.90 Å². The molecule has 1 aliphatic rings. The van der Waals surface area contributed by atoms with Crippen LogP contribution >= 0.6 is 0 Å². The maximum Gasteiger partial charge on any atom is 0.261 e. The summed E-state index contributed by atoms with van der Waals surface area (Å²) in [6.45, 7) is 4.74. The lowest BCUT2D eigenvalue weighted by Crippen LogP contribution is -2.37. The summed E-state index contributed by atoms with van der Waals surface area (Å²) >= 11 is 0. The second kappa shape index (κ2) is 10.9. The van der Waals surface area contributed by atoms with Crippen LogP contribution < -0.4 is 19.7 Å². The largest absolute Gasteiger partial charge is 0.457 e. The molecule has 1 aromatic heterocycles. The lowest BCUT2D eigenvalue weighted by Gasteiger charge is -2.27. The third kappa shape index (κ3) is 6.35. The second-order valence-corrected chi connectivity index (χ2v) is 10.2. The third-order valence-electron chi connectivity index (χ3n) is 5.66. The zero-order valence-electron chi connectivity index (χ0n) is 20.3. The lowest BCUT2D eigenvalue weighted by atomic mass is 10.3. The van der Waals surface area contributed by atoms with Crippen LogP contribution in [0.25, 0.3) is 0 Å². The van der Waals surface area contributed by atoms with Crippen molar-refractivity contribution in [3.8, 4) is 11.5 Å². The highest BCUT2D eigenvalue weighted by Crippen LogP contribution is 2.25. The van der Waals surface area contributed by atoms with E-state index in [1.54, 1.807) is 36.4 Å². The summed E-state index contributed by atoms with van der Waals surface area (Å²) in [5.74, 6) is 2.56. The predicted molar refractivity (Wildman–Crippen MR) is 143 cm³/mol. The first kappa shape index (κ1) is 24.5. The maximum atomic E-state index is 12.9. The van der Waals surface area contributed by atoms with E-state index in [4.69, 9.17) is 9.47 Å². The molecule has 0 amide bonds. The Labute approximate surface area is 216 Å². The van der Waals surface area contributed by atoms with Crippen LogP contribution in [0.5, 0.6) is 11.5 Å². The Hall–Kier alpha value is -4.15. The fraction of sp³-hybridized carbons (Fsp3) is 0.185. The first-order valence-corrected chi connectivity index (χ1v) is 13.3. The SMILES string of the molecule is Cc1cc(Nc2ccc(NS(=O)(=O)c3ccc(Oc4ccccc4)cc3)cc2)nc(N2CCOCC2)n1. The Bertz CT molecular complexity index is 1440. The molecule has 1 fully saturated rings. The van der Waals surface area contributed by atoms with Crippen LogP contribution in [-0.4, -0.2) is 44.7 Å². The van der Waals surface area contributed by atoms with Crippen molar-refractivity contribution in [2.24, 2.45) is 0 Å². The fourth-order valence-electron chi connectivity index (χ4n) is 3.82. The Balaban J connectivity index is 1.23. The van der Waals surface area contributed by atoms with Gasteiger partial charge in [0, 0.05) is 36.2 Å². The summed E-state index contributed by atoms with van der Waals surface area (Å²) < 4.78 is 39.5. The van der Waals surface area contributed by atoms with E-state index in [1.807, 2.05) is 43.3 Å². The van der Waals surface area contributed by atoms with Crippen molar-refractivity contribution in [3.05, 3.63) is 90.6 Å². The zero-order valence-corrected chi connectivity index (χ0v) is 21.1. The molecule has 10 heteroatoms. The van der Waals surface area contributed by atoms with E-state index in [1.165, 1.54) is 12.1 Å². The number of morpholine rings is 1. The van der Waals surface area contributed by atoms with Crippen LogP contribution in [0.4, 0.5) is 23.1 Å². The molecular formula is C27H27N5O4S.